The summed E-state index contributed by atoms with van der Waals surface area (Å²) in [6.45, 7) is 2.12. The lowest BCUT2D eigenvalue weighted by Gasteiger charge is -2.18. The van der Waals surface area contributed by atoms with Crippen molar-refractivity contribution in [1.29, 1.82) is 0 Å². The Kier molecular flexibility index (Phi) is 1.75. The van der Waals surface area contributed by atoms with Crippen LogP contribution in [0.25, 0.3) is 0 Å². The highest BCUT2D eigenvalue weighted by molar-refractivity contribution is 7.46. The second-order valence-corrected chi connectivity index (χ2v) is 4.32. The average molecular weight is 170 g/mol. The van der Waals surface area contributed by atoms with Gasteiger partial charge in [0.1, 0.15) is 0 Å². The summed E-state index contributed by atoms with van der Waals surface area (Å²) in [5, 5.41) is 6.71. The van der Waals surface area contributed by atoms with Gasteiger partial charge in [-0.05, 0) is 19.5 Å². The molecule has 2 heterocycles. The first kappa shape index (κ1) is 6.39. The maximum atomic E-state index is 3.36. The van der Waals surface area contributed by atoms with Gasteiger partial charge in [0.15, 0.2) is 0 Å². The van der Waals surface area contributed by atoms with Crippen molar-refractivity contribution in [3.63, 3.8) is 0 Å². The van der Waals surface area contributed by atoms with Gasteiger partial charge < -0.3 is 10.6 Å². The van der Waals surface area contributed by atoms with E-state index < -0.39 is 0 Å². The van der Waals surface area contributed by atoms with Gasteiger partial charge in [-0.2, -0.15) is 0 Å². The van der Waals surface area contributed by atoms with E-state index in [4.69, 9.17) is 0 Å². The maximum Gasteiger partial charge on any atom is 0.0859 e. The summed E-state index contributed by atoms with van der Waals surface area (Å²) in [7, 11) is 2.65. The highest BCUT2D eigenvalue weighted by atomic mass is 31.1. The van der Waals surface area contributed by atoms with E-state index in [0.717, 1.165) is 13.1 Å². The standard InChI is InChI=1S/C6H8N2P2/c1-2-8-6-5(7-1)3-9-4-10-6/h3-4,7-8H,1-2H2. The molecule has 1 aliphatic rings. The van der Waals surface area contributed by atoms with Gasteiger partial charge in [0, 0.05) is 13.1 Å². The Balaban J connectivity index is 2.41. The summed E-state index contributed by atoms with van der Waals surface area (Å²) in [6, 6.07) is 0. The fourth-order valence-electron chi connectivity index (χ4n) is 0.978. The van der Waals surface area contributed by atoms with Crippen molar-refractivity contribution in [3.8, 4) is 0 Å². The highest BCUT2D eigenvalue weighted by Crippen LogP contribution is 2.35. The number of nitrogens with one attached hydrogen (secondary N) is 2. The molecule has 0 amide bonds. The first-order chi connectivity index (χ1) is 4.97. The average Bonchev–Trinajstić information content (AvgIpc) is 2.05. The highest BCUT2D eigenvalue weighted by Gasteiger charge is 2.04. The Bertz CT molecular complexity index is 214. The summed E-state index contributed by atoms with van der Waals surface area (Å²) < 4.78 is 0. The van der Waals surface area contributed by atoms with E-state index in [9.17, 15) is 0 Å². The zero-order valence-electron chi connectivity index (χ0n) is 5.46. The fourth-order valence-corrected chi connectivity index (χ4v) is 2.93. The minimum absolute atomic E-state index is 1.06. The quantitative estimate of drug-likeness (QED) is 0.625. The van der Waals surface area contributed by atoms with Gasteiger partial charge in [0.25, 0.3) is 0 Å². The molecule has 0 saturated carbocycles. The van der Waals surface area contributed by atoms with Crippen LogP contribution in [0.5, 0.6) is 0 Å². The van der Waals surface area contributed by atoms with Crippen LogP contribution in [0.15, 0.2) is 11.3 Å². The monoisotopic (exact) mass is 170 g/mol. The third kappa shape index (κ3) is 1.10. The number of hydrogen-bond donors (Lipinski definition) is 2. The van der Waals surface area contributed by atoms with Gasteiger partial charge in [0.2, 0.25) is 0 Å². The van der Waals surface area contributed by atoms with Crippen LogP contribution in [0.4, 0.5) is 11.1 Å². The van der Waals surface area contributed by atoms with Gasteiger partial charge in [0.05, 0.1) is 11.1 Å². The third-order valence-corrected chi connectivity index (χ3v) is 3.50. The Labute approximate surface area is 63.3 Å². The molecule has 1 aromatic rings. The summed E-state index contributed by atoms with van der Waals surface area (Å²) in [5.41, 5.74) is 4.88. The largest absolute Gasteiger partial charge is 0.381 e. The van der Waals surface area contributed by atoms with E-state index in [1.165, 1.54) is 27.5 Å². The van der Waals surface area contributed by atoms with E-state index in [1.54, 1.807) is 0 Å². The Morgan fingerprint density at radius 1 is 1.30 bits per heavy atom. The molecule has 0 aromatic carbocycles. The first-order valence-electron chi connectivity index (χ1n) is 3.24. The van der Waals surface area contributed by atoms with Crippen LogP contribution in [0, 0.1) is 0 Å². The number of anilines is 2. The minimum atomic E-state index is 1.06. The zero-order chi connectivity index (χ0) is 6.81. The summed E-state index contributed by atoms with van der Waals surface area (Å²) in [4.78, 5) is 0. The summed E-state index contributed by atoms with van der Waals surface area (Å²) >= 11 is 0. The second kappa shape index (κ2) is 2.74. The summed E-state index contributed by atoms with van der Waals surface area (Å²) in [5.74, 6) is 2.21. The van der Waals surface area contributed by atoms with Crippen molar-refractivity contribution in [3.05, 3.63) is 11.3 Å². The predicted octanol–water partition coefficient (Wildman–Crippen LogP) is 2.68. The second-order valence-electron chi connectivity index (χ2n) is 2.14. The van der Waals surface area contributed by atoms with Crippen LogP contribution in [-0.4, -0.2) is 13.1 Å². The molecular formula is C6H8N2P2. The molecule has 1 aromatic heterocycles. The van der Waals surface area contributed by atoms with Crippen LogP contribution in [0.3, 0.4) is 0 Å². The van der Waals surface area contributed by atoms with E-state index in [-0.39, 0.29) is 0 Å². The van der Waals surface area contributed by atoms with Crippen molar-refractivity contribution in [2.45, 2.75) is 0 Å². The molecule has 10 heavy (non-hydrogen) atoms. The molecule has 0 bridgehead atoms. The van der Waals surface area contributed by atoms with Crippen LogP contribution >= 0.6 is 16.4 Å². The Hall–Kier alpha value is -0.320. The van der Waals surface area contributed by atoms with Crippen LogP contribution in [0.2, 0.25) is 0 Å². The summed E-state index contributed by atoms with van der Waals surface area (Å²) in [6.07, 6.45) is 0. The molecule has 1 aliphatic heterocycles. The third-order valence-electron chi connectivity index (χ3n) is 1.45. The van der Waals surface area contributed by atoms with E-state index >= 15 is 0 Å². The molecule has 4 heteroatoms. The molecule has 52 valence electrons. The van der Waals surface area contributed by atoms with E-state index in [0.29, 0.717) is 0 Å². The lowest BCUT2D eigenvalue weighted by atomic mass is 10.4. The van der Waals surface area contributed by atoms with Crippen molar-refractivity contribution in [2.75, 3.05) is 23.7 Å². The fraction of sp³-hybridized carbons (Fsp3) is 0.333. The van der Waals surface area contributed by atoms with Gasteiger partial charge >= 0.3 is 0 Å². The van der Waals surface area contributed by atoms with Crippen molar-refractivity contribution in [1.82, 2.24) is 0 Å². The molecule has 0 atom stereocenters. The Morgan fingerprint density at radius 2 is 2.20 bits per heavy atom. The zero-order valence-corrected chi connectivity index (χ0v) is 7.25. The van der Waals surface area contributed by atoms with E-state index in [2.05, 4.69) is 22.0 Å². The molecular weight excluding hydrogens is 162 g/mol. The molecule has 0 unspecified atom stereocenters. The molecule has 0 radical (unpaired) electrons. The topological polar surface area (TPSA) is 24.1 Å². The molecule has 2 nitrogen and oxygen atoms in total. The van der Waals surface area contributed by atoms with Crippen LogP contribution in [-0.2, 0) is 0 Å². The molecule has 2 rings (SSSR count). The van der Waals surface area contributed by atoms with Crippen LogP contribution < -0.4 is 10.6 Å². The molecule has 0 spiro atoms. The van der Waals surface area contributed by atoms with Gasteiger partial charge in [-0.15, -0.1) is 0 Å². The Morgan fingerprint density at radius 3 is 3.10 bits per heavy atom. The van der Waals surface area contributed by atoms with Crippen molar-refractivity contribution < 1.29 is 0 Å². The maximum absolute atomic E-state index is 3.36. The smallest absolute Gasteiger partial charge is 0.0859 e. The molecule has 0 fully saturated rings. The number of hydrogen-bond acceptors (Lipinski definition) is 2. The lowest BCUT2D eigenvalue weighted by molar-refractivity contribution is 1.06. The van der Waals surface area contributed by atoms with Crippen molar-refractivity contribution in [2.24, 2.45) is 0 Å². The number of rotatable bonds is 0. The van der Waals surface area contributed by atoms with Gasteiger partial charge in [-0.25, -0.2) is 0 Å². The van der Waals surface area contributed by atoms with Gasteiger partial charge in [-0.3, -0.25) is 0 Å². The SMILES string of the molecule is c1pcc2c(p1)NCCN2. The molecule has 0 saturated heterocycles. The normalized spacial score (nSPS) is 16.4. The first-order valence-corrected chi connectivity index (χ1v) is 5.24. The lowest BCUT2D eigenvalue weighted by Crippen LogP contribution is -2.18. The number of fused-ring (bicyclic) bond motifs is 1. The predicted molar refractivity (Wildman–Crippen MR) is 48.4 cm³/mol. The molecule has 2 N–H and O–H groups in total. The van der Waals surface area contributed by atoms with Gasteiger partial charge in [-0.1, -0.05) is 8.19 Å². The minimum Gasteiger partial charge on any atom is -0.381 e. The van der Waals surface area contributed by atoms with Crippen LogP contribution in [0.1, 0.15) is 0 Å². The molecule has 0 aliphatic carbocycles. The van der Waals surface area contributed by atoms with Crippen molar-refractivity contribution >= 4 is 27.5 Å². The van der Waals surface area contributed by atoms with E-state index in [1.807, 2.05) is 0 Å².